The second-order valence-electron chi connectivity index (χ2n) is 7.03. The Morgan fingerprint density at radius 2 is 1.38 bits per heavy atom. The third-order valence-electron chi connectivity index (χ3n) is 5.45. The summed E-state index contributed by atoms with van der Waals surface area (Å²) in [5.74, 6) is 1.78. The van der Waals surface area contributed by atoms with Crippen molar-refractivity contribution in [2.24, 2.45) is 11.8 Å². The summed E-state index contributed by atoms with van der Waals surface area (Å²) in [6.07, 6.45) is 19.2. The highest BCUT2D eigenvalue weighted by atomic mass is 15.1. The molecule has 1 aliphatic rings. The van der Waals surface area contributed by atoms with Crippen molar-refractivity contribution in [1.29, 1.82) is 0 Å². The normalized spacial score (nSPS) is 18.3. The Bertz CT molecular complexity index is 220. The highest BCUT2D eigenvalue weighted by Gasteiger charge is 2.28. The van der Waals surface area contributed by atoms with E-state index in [9.17, 15) is 0 Å². The van der Waals surface area contributed by atoms with Crippen LogP contribution < -0.4 is 10.6 Å². The molecule has 0 aromatic carbocycles. The maximum Gasteiger partial charge on any atom is 0.0598 e. The lowest BCUT2D eigenvalue weighted by Crippen LogP contribution is -2.47. The maximum atomic E-state index is 3.51. The Morgan fingerprint density at radius 3 is 1.95 bits per heavy atom. The number of hydrogen-bond acceptors (Lipinski definition) is 2. The molecule has 2 heteroatoms. The van der Waals surface area contributed by atoms with E-state index in [0.717, 1.165) is 11.8 Å². The van der Waals surface area contributed by atoms with Gasteiger partial charge in [-0.05, 0) is 32.4 Å². The molecule has 0 heterocycles. The van der Waals surface area contributed by atoms with Crippen molar-refractivity contribution in [3.05, 3.63) is 0 Å². The first-order chi connectivity index (χ1) is 10.3. The van der Waals surface area contributed by atoms with Gasteiger partial charge in [-0.3, -0.25) is 0 Å². The summed E-state index contributed by atoms with van der Waals surface area (Å²) in [7, 11) is 4.23. The van der Waals surface area contributed by atoms with Crippen molar-refractivity contribution < 1.29 is 0 Å². The lowest BCUT2D eigenvalue weighted by Gasteiger charge is -2.36. The largest absolute Gasteiger partial charge is 0.305 e. The van der Waals surface area contributed by atoms with Gasteiger partial charge in [0.25, 0.3) is 0 Å². The molecule has 0 aliphatic heterocycles. The molecule has 2 N–H and O–H groups in total. The molecule has 21 heavy (non-hydrogen) atoms. The second kappa shape index (κ2) is 12.5. The Morgan fingerprint density at radius 1 is 0.810 bits per heavy atom. The van der Waals surface area contributed by atoms with Crippen LogP contribution >= 0.6 is 0 Å². The van der Waals surface area contributed by atoms with Crippen LogP contribution in [0, 0.1) is 11.8 Å². The van der Waals surface area contributed by atoms with E-state index in [4.69, 9.17) is 0 Å². The van der Waals surface area contributed by atoms with Crippen molar-refractivity contribution in [2.45, 2.75) is 96.6 Å². The van der Waals surface area contributed by atoms with E-state index in [1.807, 2.05) is 0 Å². The number of nitrogens with one attached hydrogen (secondary N) is 2. The lowest BCUT2D eigenvalue weighted by molar-refractivity contribution is 0.170. The summed E-state index contributed by atoms with van der Waals surface area (Å²) < 4.78 is 0. The van der Waals surface area contributed by atoms with Crippen molar-refractivity contribution in [3.8, 4) is 0 Å². The topological polar surface area (TPSA) is 24.1 Å². The minimum atomic E-state index is 0.508. The fourth-order valence-electron chi connectivity index (χ4n) is 4.15. The summed E-state index contributed by atoms with van der Waals surface area (Å²) >= 11 is 0. The van der Waals surface area contributed by atoms with Gasteiger partial charge >= 0.3 is 0 Å². The number of unbranched alkanes of at least 4 members (excludes halogenated alkanes) is 6. The Kier molecular flexibility index (Phi) is 11.3. The molecule has 1 unspecified atom stereocenters. The highest BCUT2D eigenvalue weighted by Crippen LogP contribution is 2.34. The average Bonchev–Trinajstić information content (AvgIpc) is 2.54. The van der Waals surface area contributed by atoms with Crippen LogP contribution in [0.5, 0.6) is 0 Å². The molecule has 1 saturated carbocycles. The fourth-order valence-corrected chi connectivity index (χ4v) is 4.15. The molecule has 1 fully saturated rings. The number of rotatable bonds is 12. The van der Waals surface area contributed by atoms with Gasteiger partial charge in [0.15, 0.2) is 0 Å². The minimum absolute atomic E-state index is 0.508. The minimum Gasteiger partial charge on any atom is -0.305 e. The molecule has 0 bridgehead atoms. The predicted octanol–water partition coefficient (Wildman–Crippen LogP) is 5.09. The first-order valence-electron chi connectivity index (χ1n) is 9.68. The van der Waals surface area contributed by atoms with E-state index < -0.39 is 0 Å². The standard InChI is InChI=1S/C19H40N2/c1-4-5-6-7-8-9-13-16-18(19(20-2)21-3)17-14-11-10-12-15-17/h17-21H,4-16H2,1-3H3. The maximum absolute atomic E-state index is 3.51. The molecule has 1 atom stereocenters. The fraction of sp³-hybridized carbons (Fsp3) is 1.00. The van der Waals surface area contributed by atoms with E-state index in [1.165, 1.54) is 83.5 Å². The molecule has 0 amide bonds. The third-order valence-corrected chi connectivity index (χ3v) is 5.45. The van der Waals surface area contributed by atoms with E-state index in [-0.39, 0.29) is 0 Å². The average molecular weight is 297 g/mol. The van der Waals surface area contributed by atoms with Crippen LogP contribution in [0.25, 0.3) is 0 Å². The van der Waals surface area contributed by atoms with Gasteiger partial charge in [-0.2, -0.15) is 0 Å². The van der Waals surface area contributed by atoms with Crippen molar-refractivity contribution >= 4 is 0 Å². The molecule has 0 radical (unpaired) electrons. The zero-order chi connectivity index (χ0) is 15.3. The predicted molar refractivity (Wildman–Crippen MR) is 94.6 cm³/mol. The zero-order valence-electron chi connectivity index (χ0n) is 14.9. The quantitative estimate of drug-likeness (QED) is 0.387. The van der Waals surface area contributed by atoms with E-state index in [1.54, 1.807) is 0 Å². The summed E-state index contributed by atoms with van der Waals surface area (Å²) in [6, 6.07) is 0. The van der Waals surface area contributed by atoms with Gasteiger partial charge in [0, 0.05) is 0 Å². The Balaban J connectivity index is 2.28. The summed E-state index contributed by atoms with van der Waals surface area (Å²) in [5, 5.41) is 7.01. The lowest BCUT2D eigenvalue weighted by atomic mass is 9.76. The number of hydrogen-bond donors (Lipinski definition) is 2. The van der Waals surface area contributed by atoms with Gasteiger partial charge in [-0.25, -0.2) is 0 Å². The van der Waals surface area contributed by atoms with Gasteiger partial charge in [0.05, 0.1) is 6.17 Å². The van der Waals surface area contributed by atoms with Crippen LogP contribution in [0.3, 0.4) is 0 Å². The smallest absolute Gasteiger partial charge is 0.0598 e. The van der Waals surface area contributed by atoms with E-state index in [0.29, 0.717) is 6.17 Å². The molecule has 1 rings (SSSR count). The molecular formula is C19H40N2. The summed E-state index contributed by atoms with van der Waals surface area (Å²) in [5.41, 5.74) is 0. The molecule has 0 aromatic rings. The van der Waals surface area contributed by atoms with Crippen molar-refractivity contribution in [2.75, 3.05) is 14.1 Å². The Hall–Kier alpha value is -0.0800. The monoisotopic (exact) mass is 296 g/mol. The molecule has 1 aliphatic carbocycles. The van der Waals surface area contributed by atoms with Gasteiger partial charge in [-0.15, -0.1) is 0 Å². The van der Waals surface area contributed by atoms with Crippen molar-refractivity contribution in [3.63, 3.8) is 0 Å². The Labute approximate surface area is 133 Å². The summed E-state index contributed by atoms with van der Waals surface area (Å²) in [4.78, 5) is 0. The van der Waals surface area contributed by atoms with Crippen LogP contribution in [-0.2, 0) is 0 Å². The van der Waals surface area contributed by atoms with Gasteiger partial charge in [-0.1, -0.05) is 84.0 Å². The van der Waals surface area contributed by atoms with Gasteiger partial charge in [0.2, 0.25) is 0 Å². The molecule has 0 aromatic heterocycles. The van der Waals surface area contributed by atoms with Crippen molar-refractivity contribution in [1.82, 2.24) is 10.6 Å². The van der Waals surface area contributed by atoms with Gasteiger partial charge in [0.1, 0.15) is 0 Å². The SMILES string of the molecule is CCCCCCCCCC(C1CCCCC1)C(NC)NC. The van der Waals surface area contributed by atoms with Crippen LogP contribution in [-0.4, -0.2) is 20.3 Å². The first kappa shape index (κ1) is 19.0. The first-order valence-corrected chi connectivity index (χ1v) is 9.68. The van der Waals surface area contributed by atoms with E-state index in [2.05, 4.69) is 31.7 Å². The molecule has 2 nitrogen and oxygen atoms in total. The van der Waals surface area contributed by atoms with Crippen LogP contribution in [0.4, 0.5) is 0 Å². The van der Waals surface area contributed by atoms with Gasteiger partial charge < -0.3 is 10.6 Å². The second-order valence-corrected chi connectivity index (χ2v) is 7.03. The van der Waals surface area contributed by atoms with Crippen LogP contribution in [0.2, 0.25) is 0 Å². The molecule has 0 saturated heterocycles. The van der Waals surface area contributed by atoms with Crippen LogP contribution in [0.1, 0.15) is 90.4 Å². The molecule has 126 valence electrons. The van der Waals surface area contributed by atoms with E-state index >= 15 is 0 Å². The van der Waals surface area contributed by atoms with Crippen LogP contribution in [0.15, 0.2) is 0 Å². The molecule has 0 spiro atoms. The summed E-state index contributed by atoms with van der Waals surface area (Å²) in [6.45, 7) is 2.30. The molecular weight excluding hydrogens is 256 g/mol. The highest BCUT2D eigenvalue weighted by molar-refractivity contribution is 4.81. The zero-order valence-corrected chi connectivity index (χ0v) is 14.9. The third kappa shape index (κ3) is 7.65.